The van der Waals surface area contributed by atoms with E-state index in [9.17, 15) is 21.6 Å². The average molecular weight is 514 g/mol. The van der Waals surface area contributed by atoms with Gasteiger partial charge in [-0.2, -0.15) is 0 Å². The lowest BCUT2D eigenvalue weighted by molar-refractivity contribution is -0.124. The number of carbonyl (C=O) groups excluding carboxylic acids is 1. The molecule has 10 heteroatoms. The second kappa shape index (κ2) is 11.5. The quantitative estimate of drug-likeness (QED) is 0.511. The molecule has 34 heavy (non-hydrogen) atoms. The molecular weight excluding hydrogens is 474 g/mol. The minimum Gasteiger partial charge on any atom is -0.369 e. The van der Waals surface area contributed by atoms with Crippen LogP contribution in [0.4, 0.5) is 0 Å². The molecule has 0 spiro atoms. The van der Waals surface area contributed by atoms with Crippen LogP contribution in [-0.2, 0) is 31.1 Å². The van der Waals surface area contributed by atoms with Crippen LogP contribution in [0.25, 0.3) is 0 Å². The van der Waals surface area contributed by atoms with Crippen LogP contribution in [-0.4, -0.2) is 77.2 Å². The van der Waals surface area contributed by atoms with Crippen molar-refractivity contribution in [3.63, 3.8) is 0 Å². The molecule has 2 N–H and O–H groups in total. The highest BCUT2D eigenvalue weighted by Gasteiger charge is 2.32. The Morgan fingerprint density at radius 2 is 1.56 bits per heavy atom. The van der Waals surface area contributed by atoms with Crippen LogP contribution < -0.4 is 5.73 Å². The van der Waals surface area contributed by atoms with Crippen molar-refractivity contribution in [1.29, 1.82) is 0 Å². The Balaban J connectivity index is 1.39. The molecule has 2 aliphatic rings. The molecule has 0 aromatic heterocycles. The summed E-state index contributed by atoms with van der Waals surface area (Å²) in [6.07, 6.45) is 8.70. The number of benzene rings is 1. The molecule has 1 atom stereocenters. The van der Waals surface area contributed by atoms with E-state index < -0.39 is 19.9 Å². The SMILES string of the molecule is CS(=O)(=O)c1ccc(CC2CCN(CCCC(C(N)=O)C3CCN(S(C)(=O)=O)CC3)CC2)cc1. The lowest BCUT2D eigenvalue weighted by Gasteiger charge is -2.35. The third-order valence-corrected chi connectivity index (χ3v) is 9.91. The minimum atomic E-state index is -3.17. The number of sulfonamides is 1. The first-order chi connectivity index (χ1) is 15.9. The average Bonchev–Trinajstić information content (AvgIpc) is 2.77. The van der Waals surface area contributed by atoms with Gasteiger partial charge in [-0.15, -0.1) is 0 Å². The van der Waals surface area contributed by atoms with E-state index in [-0.39, 0.29) is 17.7 Å². The summed E-state index contributed by atoms with van der Waals surface area (Å²) < 4.78 is 48.2. The topological polar surface area (TPSA) is 118 Å². The molecule has 2 heterocycles. The smallest absolute Gasteiger partial charge is 0.220 e. The molecular formula is C24H39N3O5S2. The molecule has 2 fully saturated rings. The molecule has 0 saturated carbocycles. The Labute approximate surface area is 204 Å². The zero-order chi connectivity index (χ0) is 24.9. The molecule has 8 nitrogen and oxygen atoms in total. The monoisotopic (exact) mass is 513 g/mol. The van der Waals surface area contributed by atoms with Crippen molar-refractivity contribution in [1.82, 2.24) is 9.21 Å². The van der Waals surface area contributed by atoms with E-state index in [4.69, 9.17) is 5.73 Å². The number of hydrogen-bond acceptors (Lipinski definition) is 6. The summed E-state index contributed by atoms with van der Waals surface area (Å²) >= 11 is 0. The van der Waals surface area contributed by atoms with Gasteiger partial charge in [0, 0.05) is 25.3 Å². The summed E-state index contributed by atoms with van der Waals surface area (Å²) in [6, 6.07) is 7.24. The van der Waals surface area contributed by atoms with Crippen molar-refractivity contribution in [2.24, 2.45) is 23.5 Å². The van der Waals surface area contributed by atoms with Gasteiger partial charge in [-0.1, -0.05) is 12.1 Å². The number of primary amides is 1. The minimum absolute atomic E-state index is 0.162. The van der Waals surface area contributed by atoms with Crippen molar-refractivity contribution < 1.29 is 21.6 Å². The number of rotatable bonds is 10. The van der Waals surface area contributed by atoms with Gasteiger partial charge in [-0.25, -0.2) is 21.1 Å². The fourth-order valence-corrected chi connectivity index (χ4v) is 6.88. The fourth-order valence-electron chi connectivity index (χ4n) is 5.38. The molecule has 0 aliphatic carbocycles. The first-order valence-electron chi connectivity index (χ1n) is 12.2. The number of carbonyl (C=O) groups is 1. The van der Waals surface area contributed by atoms with E-state index in [1.165, 1.54) is 22.4 Å². The number of amides is 1. The van der Waals surface area contributed by atoms with Crippen molar-refractivity contribution in [2.45, 2.75) is 49.8 Å². The van der Waals surface area contributed by atoms with Crippen molar-refractivity contribution in [3.8, 4) is 0 Å². The van der Waals surface area contributed by atoms with Crippen LogP contribution in [0, 0.1) is 17.8 Å². The van der Waals surface area contributed by atoms with Gasteiger partial charge in [0.15, 0.2) is 9.84 Å². The molecule has 192 valence electrons. The van der Waals surface area contributed by atoms with Crippen molar-refractivity contribution in [2.75, 3.05) is 45.2 Å². The standard InChI is InChI=1S/C24H39N3O5S2/c1-33(29,30)22-7-5-19(6-8-22)18-20-9-14-26(15-10-20)13-3-4-23(24(25)28)21-11-16-27(17-12-21)34(2,31)32/h5-8,20-21,23H,3-4,9-18H2,1-2H3,(H2,25,28). The highest BCUT2D eigenvalue weighted by atomic mass is 32.2. The maximum atomic E-state index is 12.1. The summed E-state index contributed by atoms with van der Waals surface area (Å²) in [5.74, 6) is 0.307. The third-order valence-electron chi connectivity index (χ3n) is 7.47. The first kappa shape index (κ1) is 27.1. The van der Waals surface area contributed by atoms with Gasteiger partial charge < -0.3 is 10.6 Å². The molecule has 1 aromatic rings. The number of sulfone groups is 1. The molecule has 3 rings (SSSR count). The van der Waals surface area contributed by atoms with Gasteiger partial charge in [-0.3, -0.25) is 4.79 Å². The van der Waals surface area contributed by atoms with Crippen LogP contribution in [0.3, 0.4) is 0 Å². The number of piperidine rings is 2. The molecule has 1 aromatic carbocycles. The van der Waals surface area contributed by atoms with E-state index in [1.807, 2.05) is 12.1 Å². The van der Waals surface area contributed by atoms with E-state index >= 15 is 0 Å². The lowest BCUT2D eigenvalue weighted by Crippen LogP contribution is -2.42. The molecule has 2 saturated heterocycles. The van der Waals surface area contributed by atoms with Gasteiger partial charge in [0.2, 0.25) is 15.9 Å². The second-order valence-corrected chi connectivity index (χ2v) is 14.1. The molecule has 1 unspecified atom stereocenters. The van der Waals surface area contributed by atoms with E-state index in [0.717, 1.165) is 51.7 Å². The second-order valence-electron chi connectivity index (χ2n) is 10.1. The van der Waals surface area contributed by atoms with Gasteiger partial charge in [0.25, 0.3) is 0 Å². The summed E-state index contributed by atoms with van der Waals surface area (Å²) in [6.45, 7) is 3.94. The largest absolute Gasteiger partial charge is 0.369 e. The summed E-state index contributed by atoms with van der Waals surface area (Å²) in [7, 11) is -6.33. The Morgan fingerprint density at radius 3 is 2.06 bits per heavy atom. The predicted octanol–water partition coefficient (Wildman–Crippen LogP) is 1.90. The lowest BCUT2D eigenvalue weighted by atomic mass is 9.81. The number of nitrogens with zero attached hydrogens (tertiary/aromatic N) is 2. The maximum Gasteiger partial charge on any atom is 0.220 e. The van der Waals surface area contributed by atoms with Gasteiger partial charge in [0.05, 0.1) is 11.2 Å². The van der Waals surface area contributed by atoms with E-state index in [0.29, 0.717) is 36.7 Å². The Hall–Kier alpha value is -1.49. The van der Waals surface area contributed by atoms with E-state index in [1.54, 1.807) is 12.1 Å². The predicted molar refractivity (Wildman–Crippen MR) is 133 cm³/mol. The molecule has 1 amide bonds. The summed E-state index contributed by atoms with van der Waals surface area (Å²) in [5.41, 5.74) is 6.89. The Bertz CT molecular complexity index is 1020. The Morgan fingerprint density at radius 1 is 0.971 bits per heavy atom. The number of likely N-dealkylation sites (tertiary alicyclic amines) is 1. The van der Waals surface area contributed by atoms with Crippen molar-refractivity contribution in [3.05, 3.63) is 29.8 Å². The van der Waals surface area contributed by atoms with Crippen LogP contribution in [0.15, 0.2) is 29.2 Å². The Kier molecular flexibility index (Phi) is 9.16. The third kappa shape index (κ3) is 7.76. The highest BCUT2D eigenvalue weighted by Crippen LogP contribution is 2.30. The molecule has 0 radical (unpaired) electrons. The summed E-state index contributed by atoms with van der Waals surface area (Å²) in [4.78, 5) is 14.9. The molecule has 0 bridgehead atoms. The van der Waals surface area contributed by atoms with Crippen LogP contribution >= 0.6 is 0 Å². The van der Waals surface area contributed by atoms with Crippen LogP contribution in [0.2, 0.25) is 0 Å². The van der Waals surface area contributed by atoms with Crippen molar-refractivity contribution >= 4 is 25.8 Å². The number of nitrogens with two attached hydrogens (primary N) is 1. The van der Waals surface area contributed by atoms with Gasteiger partial charge in [0.1, 0.15) is 0 Å². The zero-order valence-electron chi connectivity index (χ0n) is 20.4. The molecule has 2 aliphatic heterocycles. The first-order valence-corrected chi connectivity index (χ1v) is 15.9. The van der Waals surface area contributed by atoms with E-state index in [2.05, 4.69) is 4.90 Å². The number of hydrogen-bond donors (Lipinski definition) is 1. The van der Waals surface area contributed by atoms with Crippen LogP contribution in [0.5, 0.6) is 0 Å². The van der Waals surface area contributed by atoms with Gasteiger partial charge in [-0.05, 0) is 94.1 Å². The summed E-state index contributed by atoms with van der Waals surface area (Å²) in [5, 5.41) is 0. The van der Waals surface area contributed by atoms with Crippen LogP contribution in [0.1, 0.15) is 44.1 Å². The fraction of sp³-hybridized carbons (Fsp3) is 0.708. The zero-order valence-corrected chi connectivity index (χ0v) is 22.0. The highest BCUT2D eigenvalue weighted by molar-refractivity contribution is 7.90. The maximum absolute atomic E-state index is 12.1. The normalized spacial score (nSPS) is 20.9. The van der Waals surface area contributed by atoms with Gasteiger partial charge >= 0.3 is 0 Å².